The predicted octanol–water partition coefficient (Wildman–Crippen LogP) is 4.02. The van der Waals surface area contributed by atoms with Gasteiger partial charge in [0.05, 0.1) is 35.4 Å². The minimum absolute atomic E-state index is 0.00887. The number of nitrogens with zero attached hydrogens (tertiary/aromatic N) is 2. The number of unbranched alkanes of at least 4 members (excludes halogenated alkanes) is 1. The maximum Gasteiger partial charge on any atom is 0.318 e. The third-order valence-corrected chi connectivity index (χ3v) is 10.4. The van der Waals surface area contributed by atoms with Crippen molar-refractivity contribution in [1.82, 2.24) is 19.8 Å². The lowest BCUT2D eigenvalue weighted by molar-refractivity contribution is -0.123. The number of urea groups is 1. The van der Waals surface area contributed by atoms with Gasteiger partial charge in [-0.05, 0) is 53.3 Å². The largest absolute Gasteiger partial charge is 0.398 e. The number of anilines is 1. The van der Waals surface area contributed by atoms with Crippen molar-refractivity contribution in [3.8, 4) is 0 Å². The predicted molar refractivity (Wildman–Crippen MR) is 185 cm³/mol. The molecule has 0 unspecified atom stereocenters. The average Bonchev–Trinajstić information content (AvgIpc) is 3.06. The van der Waals surface area contributed by atoms with Gasteiger partial charge < -0.3 is 31.1 Å². The number of nitrogen functional groups attached to an aromatic ring is 1. The van der Waals surface area contributed by atoms with Crippen molar-refractivity contribution >= 4 is 50.0 Å². The van der Waals surface area contributed by atoms with Gasteiger partial charge in [-0.2, -0.15) is 4.31 Å². The Balaban J connectivity index is 1.38. The second-order valence-electron chi connectivity index (χ2n) is 12.3. The maximum atomic E-state index is 13.6. The molecule has 4 rings (SSSR count). The van der Waals surface area contributed by atoms with E-state index in [0.717, 1.165) is 16.3 Å². The Bertz CT molecular complexity index is 1620. The van der Waals surface area contributed by atoms with Crippen LogP contribution in [0, 0.1) is 5.92 Å². The Hall–Kier alpha value is -3.42. The molecule has 0 radical (unpaired) electrons. The van der Waals surface area contributed by atoms with Crippen LogP contribution in [0.25, 0.3) is 10.8 Å². The highest BCUT2D eigenvalue weighted by Crippen LogP contribution is 2.27. The van der Waals surface area contributed by atoms with Crippen LogP contribution in [0.4, 0.5) is 10.5 Å². The van der Waals surface area contributed by atoms with E-state index in [9.17, 15) is 23.1 Å². The highest BCUT2D eigenvalue weighted by Gasteiger charge is 2.32. The Morgan fingerprint density at radius 1 is 1.04 bits per heavy atom. The minimum atomic E-state index is -3.97. The summed E-state index contributed by atoms with van der Waals surface area (Å²) in [6.45, 7) is 5.81. The van der Waals surface area contributed by atoms with Crippen LogP contribution in [0.5, 0.6) is 0 Å². The third kappa shape index (κ3) is 10.0. The van der Waals surface area contributed by atoms with Crippen molar-refractivity contribution in [2.75, 3.05) is 51.7 Å². The van der Waals surface area contributed by atoms with Gasteiger partial charge in [-0.1, -0.05) is 74.3 Å². The lowest BCUT2D eigenvalue weighted by Crippen LogP contribution is -2.54. The molecular formula is C34H46ClN5O6S. The summed E-state index contributed by atoms with van der Waals surface area (Å²) in [5, 5.41) is 18.4. The van der Waals surface area contributed by atoms with Crippen LogP contribution in [0.2, 0.25) is 5.02 Å². The summed E-state index contributed by atoms with van der Waals surface area (Å²) in [6.07, 6.45) is 1.80. The van der Waals surface area contributed by atoms with Gasteiger partial charge in [0.25, 0.3) is 0 Å². The summed E-state index contributed by atoms with van der Waals surface area (Å²) in [6, 6.07) is 16.4. The molecule has 0 bridgehead atoms. The molecule has 0 aromatic heterocycles. The molecule has 3 aromatic carbocycles. The number of benzene rings is 3. The number of fused-ring (bicyclic) bond motifs is 1. The van der Waals surface area contributed by atoms with Gasteiger partial charge in [0.2, 0.25) is 15.9 Å². The Labute approximate surface area is 282 Å². The number of amides is 3. The first-order chi connectivity index (χ1) is 22.5. The lowest BCUT2D eigenvalue weighted by atomic mass is 10.0. The van der Waals surface area contributed by atoms with Crippen molar-refractivity contribution in [2.45, 2.75) is 56.5 Å². The standard InChI is InChI=1S/C34H46ClN5O6S/c1-24(2)22-40(47(44,45)29-12-13-31(36)30(35)21-29)28(23-41)9-5-6-14-37-33(42)32(38-34(43)39-15-17-46-18-16-39)20-25-10-11-26-7-3-4-8-27(26)19-25/h3-4,7-8,10-13,19,21,24,28,32,41H,5-6,9,14-18,20,22-23,36H2,1-2H3,(H,37,42)(H,38,43)/t28-,32-/m0/s1. The van der Waals surface area contributed by atoms with Gasteiger partial charge in [0.1, 0.15) is 6.04 Å². The van der Waals surface area contributed by atoms with Crippen molar-refractivity contribution in [3.05, 3.63) is 71.2 Å². The smallest absolute Gasteiger partial charge is 0.318 e. The number of sulfonamides is 1. The zero-order valence-corrected chi connectivity index (χ0v) is 28.6. The molecule has 11 nitrogen and oxygen atoms in total. The fourth-order valence-electron chi connectivity index (χ4n) is 5.59. The summed E-state index contributed by atoms with van der Waals surface area (Å²) in [7, 11) is -3.97. The van der Waals surface area contributed by atoms with E-state index in [-0.39, 0.29) is 46.6 Å². The number of nitrogens with one attached hydrogen (secondary N) is 2. The number of ether oxygens (including phenoxy) is 1. The Kier molecular flexibility index (Phi) is 13.3. The van der Waals surface area contributed by atoms with Crippen molar-refractivity contribution in [1.29, 1.82) is 0 Å². The zero-order chi connectivity index (χ0) is 34.0. The van der Waals surface area contributed by atoms with Crippen LogP contribution >= 0.6 is 11.6 Å². The number of carbonyl (C=O) groups is 2. The quantitative estimate of drug-likeness (QED) is 0.139. The molecule has 0 aliphatic carbocycles. The molecule has 1 fully saturated rings. The first-order valence-electron chi connectivity index (χ1n) is 16.1. The van der Waals surface area contributed by atoms with E-state index in [2.05, 4.69) is 10.6 Å². The van der Waals surface area contributed by atoms with E-state index in [1.807, 2.05) is 56.3 Å². The number of morpholine rings is 1. The molecule has 1 saturated heterocycles. The number of halogens is 1. The second kappa shape index (κ2) is 17.1. The van der Waals surface area contributed by atoms with E-state index in [1.54, 1.807) is 4.90 Å². The SMILES string of the molecule is CC(C)CN([C@H](CO)CCCCNC(=O)[C@H](Cc1ccc2ccccc2c1)NC(=O)N1CCOCC1)S(=O)(=O)c1ccc(N)c(Cl)c1. The zero-order valence-electron chi connectivity index (χ0n) is 27.0. The number of hydrogen-bond acceptors (Lipinski definition) is 7. The van der Waals surface area contributed by atoms with Crippen LogP contribution in [-0.2, 0) is 26.0 Å². The summed E-state index contributed by atoms with van der Waals surface area (Å²) in [4.78, 5) is 28.1. The second-order valence-corrected chi connectivity index (χ2v) is 14.6. The molecule has 5 N–H and O–H groups in total. The highest BCUT2D eigenvalue weighted by atomic mass is 35.5. The normalized spacial score (nSPS) is 15.1. The first-order valence-corrected chi connectivity index (χ1v) is 17.9. The fraction of sp³-hybridized carbons (Fsp3) is 0.471. The van der Waals surface area contributed by atoms with Gasteiger partial charge >= 0.3 is 6.03 Å². The number of nitrogens with two attached hydrogens (primary N) is 1. The van der Waals surface area contributed by atoms with Crippen molar-refractivity contribution < 1.29 is 27.9 Å². The van der Waals surface area contributed by atoms with Crippen LogP contribution < -0.4 is 16.4 Å². The summed E-state index contributed by atoms with van der Waals surface area (Å²) >= 11 is 6.12. The molecule has 1 heterocycles. The number of carbonyl (C=O) groups excluding carboxylic acids is 2. The van der Waals surface area contributed by atoms with Crippen LogP contribution in [0.1, 0.15) is 38.7 Å². The lowest BCUT2D eigenvalue weighted by Gasteiger charge is -2.31. The third-order valence-electron chi connectivity index (χ3n) is 8.17. The summed E-state index contributed by atoms with van der Waals surface area (Å²) < 4.78 is 33.9. The van der Waals surface area contributed by atoms with Gasteiger partial charge in [-0.15, -0.1) is 0 Å². The van der Waals surface area contributed by atoms with E-state index >= 15 is 0 Å². The van der Waals surface area contributed by atoms with Crippen LogP contribution in [0.3, 0.4) is 0 Å². The van der Waals surface area contributed by atoms with Crippen LogP contribution in [0.15, 0.2) is 65.6 Å². The maximum absolute atomic E-state index is 13.6. The van der Waals surface area contributed by atoms with Crippen LogP contribution in [-0.4, -0.2) is 92.8 Å². The fourth-order valence-corrected chi connectivity index (χ4v) is 7.67. The number of hydrogen-bond donors (Lipinski definition) is 4. The van der Waals surface area contributed by atoms with Gasteiger partial charge in [-0.25, -0.2) is 13.2 Å². The molecule has 0 saturated carbocycles. The van der Waals surface area contributed by atoms with E-state index in [1.165, 1.54) is 22.5 Å². The average molecular weight is 688 g/mol. The molecule has 1 aliphatic heterocycles. The molecule has 2 atom stereocenters. The number of rotatable bonds is 15. The topological polar surface area (TPSA) is 154 Å². The summed E-state index contributed by atoms with van der Waals surface area (Å²) in [5.74, 6) is -0.294. The Morgan fingerprint density at radius 3 is 2.45 bits per heavy atom. The first kappa shape index (κ1) is 36.4. The molecule has 1 aliphatic rings. The van der Waals surface area contributed by atoms with Crippen molar-refractivity contribution in [2.24, 2.45) is 5.92 Å². The van der Waals surface area contributed by atoms with Gasteiger partial charge in [0, 0.05) is 38.6 Å². The molecule has 3 aromatic rings. The molecule has 0 spiro atoms. The molecule has 13 heteroatoms. The molecular weight excluding hydrogens is 642 g/mol. The van der Waals surface area contributed by atoms with Gasteiger partial charge in [-0.3, -0.25) is 4.79 Å². The minimum Gasteiger partial charge on any atom is -0.398 e. The summed E-state index contributed by atoms with van der Waals surface area (Å²) in [5.41, 5.74) is 6.99. The monoisotopic (exact) mass is 687 g/mol. The van der Waals surface area contributed by atoms with Gasteiger partial charge in [0.15, 0.2) is 0 Å². The highest BCUT2D eigenvalue weighted by molar-refractivity contribution is 7.89. The molecule has 3 amide bonds. The number of aliphatic hydroxyl groups excluding tert-OH is 1. The van der Waals surface area contributed by atoms with Crippen molar-refractivity contribution in [3.63, 3.8) is 0 Å². The molecule has 47 heavy (non-hydrogen) atoms. The number of aliphatic hydroxyl groups is 1. The molecule has 256 valence electrons. The van der Waals surface area contributed by atoms with E-state index < -0.39 is 22.1 Å². The van der Waals surface area contributed by atoms with E-state index in [0.29, 0.717) is 58.5 Å². The Morgan fingerprint density at radius 2 is 1.77 bits per heavy atom. The van der Waals surface area contributed by atoms with E-state index in [4.69, 9.17) is 22.1 Å².